The standard InChI is InChI=1S/C21H20F3N3O2/c1-13-19(25-20(28)16-7-9-17(10-8-16)21(22,23)24)14(2)27(26-13)12-15-5-4-6-18(11-15)29-3/h4-11H,12H2,1-3H3,(H,25,28). The molecule has 0 saturated heterocycles. The molecule has 1 aromatic heterocycles. The maximum atomic E-state index is 12.7. The molecule has 3 rings (SSSR count). The second-order valence-electron chi connectivity index (χ2n) is 6.58. The zero-order valence-electron chi connectivity index (χ0n) is 16.2. The lowest BCUT2D eigenvalue weighted by Crippen LogP contribution is -2.14. The van der Waals surface area contributed by atoms with E-state index in [4.69, 9.17) is 4.74 Å². The van der Waals surface area contributed by atoms with Gasteiger partial charge >= 0.3 is 6.18 Å². The molecule has 2 aromatic carbocycles. The fraction of sp³-hybridized carbons (Fsp3) is 0.238. The average Bonchev–Trinajstić information content (AvgIpc) is 2.95. The third-order valence-electron chi connectivity index (χ3n) is 4.56. The number of carbonyl (C=O) groups is 1. The van der Waals surface area contributed by atoms with Gasteiger partial charge in [-0.25, -0.2) is 0 Å². The summed E-state index contributed by atoms with van der Waals surface area (Å²) in [4.78, 5) is 12.5. The first-order chi connectivity index (χ1) is 13.7. The van der Waals surface area contributed by atoms with Crippen molar-refractivity contribution in [3.05, 3.63) is 76.6 Å². The predicted octanol–water partition coefficient (Wildman–Crippen LogP) is 4.83. The van der Waals surface area contributed by atoms with Crippen LogP contribution >= 0.6 is 0 Å². The van der Waals surface area contributed by atoms with E-state index < -0.39 is 17.6 Å². The van der Waals surface area contributed by atoms with Gasteiger partial charge in [-0.2, -0.15) is 18.3 Å². The topological polar surface area (TPSA) is 56.1 Å². The summed E-state index contributed by atoms with van der Waals surface area (Å²) in [7, 11) is 1.59. The highest BCUT2D eigenvalue weighted by atomic mass is 19.4. The van der Waals surface area contributed by atoms with Crippen LogP contribution in [0.5, 0.6) is 5.75 Å². The van der Waals surface area contributed by atoms with E-state index >= 15 is 0 Å². The van der Waals surface area contributed by atoms with Gasteiger partial charge < -0.3 is 10.1 Å². The molecule has 0 bridgehead atoms. The summed E-state index contributed by atoms with van der Waals surface area (Å²) in [5.41, 5.74) is 2.22. The van der Waals surface area contributed by atoms with Gasteiger partial charge in [-0.05, 0) is 55.8 Å². The Morgan fingerprint density at radius 2 is 1.83 bits per heavy atom. The number of alkyl halides is 3. The van der Waals surface area contributed by atoms with Gasteiger partial charge in [0.1, 0.15) is 5.75 Å². The summed E-state index contributed by atoms with van der Waals surface area (Å²) in [6, 6.07) is 11.7. The van der Waals surface area contributed by atoms with Crippen molar-refractivity contribution >= 4 is 11.6 Å². The lowest BCUT2D eigenvalue weighted by atomic mass is 10.1. The molecule has 0 aliphatic carbocycles. The van der Waals surface area contributed by atoms with Crippen molar-refractivity contribution < 1.29 is 22.7 Å². The Morgan fingerprint density at radius 3 is 2.45 bits per heavy atom. The first-order valence-electron chi connectivity index (χ1n) is 8.84. The van der Waals surface area contributed by atoms with Crippen LogP contribution in [-0.2, 0) is 12.7 Å². The molecular formula is C21H20F3N3O2. The molecule has 0 aliphatic rings. The molecule has 29 heavy (non-hydrogen) atoms. The molecule has 0 atom stereocenters. The molecule has 152 valence electrons. The molecular weight excluding hydrogens is 383 g/mol. The highest BCUT2D eigenvalue weighted by molar-refractivity contribution is 6.04. The minimum Gasteiger partial charge on any atom is -0.497 e. The van der Waals surface area contributed by atoms with E-state index in [2.05, 4.69) is 10.4 Å². The SMILES string of the molecule is COc1cccc(Cn2nc(C)c(NC(=O)c3ccc(C(F)(F)F)cc3)c2C)c1. The normalized spacial score (nSPS) is 11.4. The van der Waals surface area contributed by atoms with Crippen LogP contribution in [0.1, 0.15) is 32.9 Å². The Hall–Kier alpha value is -3.29. The molecule has 1 amide bonds. The number of hydrogen-bond donors (Lipinski definition) is 1. The van der Waals surface area contributed by atoms with Crippen LogP contribution in [0.15, 0.2) is 48.5 Å². The Bertz CT molecular complexity index is 1020. The Kier molecular flexibility index (Phi) is 5.63. The fourth-order valence-corrected chi connectivity index (χ4v) is 2.97. The number of rotatable bonds is 5. The van der Waals surface area contributed by atoms with Gasteiger partial charge in [-0.15, -0.1) is 0 Å². The fourth-order valence-electron chi connectivity index (χ4n) is 2.97. The second-order valence-corrected chi connectivity index (χ2v) is 6.58. The van der Waals surface area contributed by atoms with Crippen molar-refractivity contribution in [1.82, 2.24) is 9.78 Å². The van der Waals surface area contributed by atoms with Gasteiger partial charge in [0.2, 0.25) is 0 Å². The van der Waals surface area contributed by atoms with Gasteiger partial charge in [-0.3, -0.25) is 9.48 Å². The molecule has 5 nitrogen and oxygen atoms in total. The minimum atomic E-state index is -4.44. The van der Waals surface area contributed by atoms with Gasteiger partial charge in [0.15, 0.2) is 0 Å². The van der Waals surface area contributed by atoms with Gasteiger partial charge in [0, 0.05) is 5.56 Å². The molecule has 1 N–H and O–H groups in total. The Morgan fingerprint density at radius 1 is 1.14 bits per heavy atom. The maximum Gasteiger partial charge on any atom is 0.416 e. The summed E-state index contributed by atoms with van der Waals surface area (Å²) in [6.45, 7) is 4.07. The van der Waals surface area contributed by atoms with Crippen LogP contribution in [0.3, 0.4) is 0 Å². The largest absolute Gasteiger partial charge is 0.497 e. The number of anilines is 1. The first-order valence-corrected chi connectivity index (χ1v) is 8.84. The molecule has 0 spiro atoms. The number of amides is 1. The number of ether oxygens (including phenoxy) is 1. The van der Waals surface area contributed by atoms with E-state index in [1.807, 2.05) is 31.2 Å². The number of halogens is 3. The van der Waals surface area contributed by atoms with Crippen LogP contribution in [0.25, 0.3) is 0 Å². The van der Waals surface area contributed by atoms with Crippen molar-refractivity contribution in [2.24, 2.45) is 0 Å². The molecule has 0 unspecified atom stereocenters. The molecule has 3 aromatic rings. The van der Waals surface area contributed by atoms with Gasteiger partial charge in [-0.1, -0.05) is 12.1 Å². The number of nitrogens with zero attached hydrogens (tertiary/aromatic N) is 2. The van der Waals surface area contributed by atoms with Crippen molar-refractivity contribution in [3.63, 3.8) is 0 Å². The number of methoxy groups -OCH3 is 1. The van der Waals surface area contributed by atoms with E-state index in [0.717, 1.165) is 41.3 Å². The average molecular weight is 403 g/mol. The molecule has 1 heterocycles. The third kappa shape index (κ3) is 4.59. The molecule has 0 radical (unpaired) electrons. The van der Waals surface area contributed by atoms with Crippen LogP contribution in [0.2, 0.25) is 0 Å². The third-order valence-corrected chi connectivity index (χ3v) is 4.56. The van der Waals surface area contributed by atoms with E-state index in [-0.39, 0.29) is 5.56 Å². The lowest BCUT2D eigenvalue weighted by Gasteiger charge is -2.09. The van der Waals surface area contributed by atoms with E-state index in [0.29, 0.717) is 17.9 Å². The zero-order chi connectivity index (χ0) is 21.2. The lowest BCUT2D eigenvalue weighted by molar-refractivity contribution is -0.137. The summed E-state index contributed by atoms with van der Waals surface area (Å²) < 4.78 is 45.0. The molecule has 0 saturated carbocycles. The predicted molar refractivity (Wildman–Crippen MR) is 103 cm³/mol. The number of carbonyl (C=O) groups excluding carboxylic acids is 1. The minimum absolute atomic E-state index is 0.136. The van der Waals surface area contributed by atoms with Crippen molar-refractivity contribution in [2.75, 3.05) is 12.4 Å². The number of nitrogens with one attached hydrogen (secondary N) is 1. The monoisotopic (exact) mass is 403 g/mol. The maximum absolute atomic E-state index is 12.7. The number of aryl methyl sites for hydroxylation is 1. The van der Waals surface area contributed by atoms with Crippen molar-refractivity contribution in [1.29, 1.82) is 0 Å². The second kappa shape index (κ2) is 7.98. The van der Waals surface area contributed by atoms with E-state index in [1.165, 1.54) is 0 Å². The number of aromatic nitrogens is 2. The Labute approximate surface area is 166 Å². The molecule has 8 heteroatoms. The first kappa shape index (κ1) is 20.4. The summed E-state index contributed by atoms with van der Waals surface area (Å²) in [5, 5.41) is 7.22. The highest BCUT2D eigenvalue weighted by Crippen LogP contribution is 2.29. The highest BCUT2D eigenvalue weighted by Gasteiger charge is 2.30. The smallest absolute Gasteiger partial charge is 0.416 e. The van der Waals surface area contributed by atoms with Crippen LogP contribution in [0, 0.1) is 13.8 Å². The van der Waals surface area contributed by atoms with Gasteiger partial charge in [0.05, 0.1) is 36.3 Å². The molecule has 0 aliphatic heterocycles. The van der Waals surface area contributed by atoms with Crippen molar-refractivity contribution in [2.45, 2.75) is 26.6 Å². The summed E-state index contributed by atoms with van der Waals surface area (Å²) >= 11 is 0. The number of benzene rings is 2. The van der Waals surface area contributed by atoms with Gasteiger partial charge in [0.25, 0.3) is 5.91 Å². The zero-order valence-corrected chi connectivity index (χ0v) is 16.2. The quantitative estimate of drug-likeness (QED) is 0.664. The number of hydrogen-bond acceptors (Lipinski definition) is 3. The van der Waals surface area contributed by atoms with E-state index in [1.54, 1.807) is 18.7 Å². The summed E-state index contributed by atoms with van der Waals surface area (Å²) in [5.74, 6) is 0.241. The Balaban J connectivity index is 1.78. The van der Waals surface area contributed by atoms with Crippen LogP contribution in [0.4, 0.5) is 18.9 Å². The van der Waals surface area contributed by atoms with Crippen LogP contribution < -0.4 is 10.1 Å². The van der Waals surface area contributed by atoms with Crippen molar-refractivity contribution in [3.8, 4) is 5.75 Å². The molecule has 0 fully saturated rings. The van der Waals surface area contributed by atoms with E-state index in [9.17, 15) is 18.0 Å². The summed E-state index contributed by atoms with van der Waals surface area (Å²) in [6.07, 6.45) is -4.44. The van der Waals surface area contributed by atoms with Crippen LogP contribution in [-0.4, -0.2) is 22.8 Å².